The first-order valence-electron chi connectivity index (χ1n) is 20.4. The summed E-state index contributed by atoms with van der Waals surface area (Å²) in [5, 5.41) is 54.4. The van der Waals surface area contributed by atoms with Gasteiger partial charge in [0.05, 0.1) is 42.7 Å². The van der Waals surface area contributed by atoms with E-state index in [1.54, 1.807) is 40.7 Å². The van der Waals surface area contributed by atoms with Crippen molar-refractivity contribution < 1.29 is 49.3 Å². The second kappa shape index (κ2) is 20.8. The first-order chi connectivity index (χ1) is 24.9. The third-order valence-corrected chi connectivity index (χ3v) is 12.7. The van der Waals surface area contributed by atoms with E-state index in [0.29, 0.717) is 25.7 Å². The number of carbonyl (C=O) groups excluding carboxylic acids is 2. The smallest absolute Gasteiger partial charge is 0.330 e. The Morgan fingerprint density at radius 2 is 1.51 bits per heavy atom. The molecule has 0 aromatic rings. The number of ketones is 1. The summed E-state index contributed by atoms with van der Waals surface area (Å²) in [5.74, 6) is -4.14. The van der Waals surface area contributed by atoms with Crippen molar-refractivity contribution in [1.29, 1.82) is 0 Å². The highest BCUT2D eigenvalue weighted by molar-refractivity contribution is 5.82. The van der Waals surface area contributed by atoms with Crippen molar-refractivity contribution in [2.24, 2.45) is 47.3 Å². The summed E-state index contributed by atoms with van der Waals surface area (Å²) in [6, 6.07) is 0. The molecule has 0 aliphatic carbocycles. The standard InChI is InChI=1S/C43H72O10/c1-10-33-15-13-11-12-14-26(3)40(48)29(6)34(45)23-35(46)30(7)42(50)32(9)41(49)27(4)16-19-39(47)51-38-24-43(52-36(18-17-33)31(38)8)21-20-25(2)37(53-43)22-28(5)44/h11-13,15-16,19,25-33,35-38,40-42,44,46,48-50H,10,14,17-18,20-24H2,1-9H3/b12-11+,15-13-,19-16+. The van der Waals surface area contributed by atoms with Crippen LogP contribution in [0.2, 0.25) is 0 Å². The largest absolute Gasteiger partial charge is 0.459 e. The Morgan fingerprint density at radius 1 is 0.811 bits per heavy atom. The molecule has 17 atom stereocenters. The minimum atomic E-state index is -1.17. The third-order valence-electron chi connectivity index (χ3n) is 12.7. The number of fused-ring (bicyclic) bond motifs is 2. The molecule has 17 unspecified atom stereocenters. The average Bonchev–Trinajstić information content (AvgIpc) is 3.12. The number of hydrogen-bond donors (Lipinski definition) is 5. The molecule has 1 spiro atoms. The number of Topliss-reactive ketones (excluding diaryl/α,β-unsaturated/α-hetero) is 1. The van der Waals surface area contributed by atoms with E-state index >= 15 is 0 Å². The van der Waals surface area contributed by atoms with Gasteiger partial charge in [0.25, 0.3) is 0 Å². The minimum Gasteiger partial charge on any atom is -0.459 e. The zero-order valence-electron chi connectivity index (χ0n) is 33.8. The molecule has 3 aliphatic rings. The molecule has 0 aromatic carbocycles. The van der Waals surface area contributed by atoms with Gasteiger partial charge in [-0.05, 0) is 63.2 Å². The molecule has 5 N–H and O–H groups in total. The molecule has 304 valence electrons. The molecule has 3 rings (SSSR count). The van der Waals surface area contributed by atoms with Crippen molar-refractivity contribution in [3.8, 4) is 0 Å². The molecule has 3 aliphatic heterocycles. The molecule has 2 fully saturated rings. The molecule has 0 aromatic heterocycles. The number of carbonyl (C=O) groups is 2. The summed E-state index contributed by atoms with van der Waals surface area (Å²) >= 11 is 0. The highest BCUT2D eigenvalue weighted by atomic mass is 16.7. The summed E-state index contributed by atoms with van der Waals surface area (Å²) in [5.41, 5.74) is 0. The number of aliphatic hydroxyl groups is 5. The van der Waals surface area contributed by atoms with Crippen LogP contribution in [-0.4, -0.2) is 91.9 Å². The minimum absolute atomic E-state index is 0.107. The monoisotopic (exact) mass is 749 g/mol. The second-order valence-electron chi connectivity index (χ2n) is 17.1. The fourth-order valence-electron chi connectivity index (χ4n) is 8.30. The quantitative estimate of drug-likeness (QED) is 0.214. The van der Waals surface area contributed by atoms with E-state index in [2.05, 4.69) is 26.8 Å². The van der Waals surface area contributed by atoms with E-state index in [4.69, 9.17) is 14.2 Å². The van der Waals surface area contributed by atoms with Crippen molar-refractivity contribution in [1.82, 2.24) is 0 Å². The fourth-order valence-corrected chi connectivity index (χ4v) is 8.30. The highest BCUT2D eigenvalue weighted by Crippen LogP contribution is 2.46. The van der Waals surface area contributed by atoms with Gasteiger partial charge >= 0.3 is 5.97 Å². The van der Waals surface area contributed by atoms with Crippen LogP contribution in [0.25, 0.3) is 0 Å². The molecule has 0 saturated carbocycles. The SMILES string of the molecule is CCC1/C=C\C=C\CC(C)C(O)C(C)C(=O)CC(O)C(C)C(O)C(C)C(O)C(C)/C=C/C(=O)OC2CC3(CCC(C)C(CC(C)O)O3)OC(CC1)C2C. The first-order valence-corrected chi connectivity index (χ1v) is 20.4. The van der Waals surface area contributed by atoms with Crippen molar-refractivity contribution in [2.45, 2.75) is 175 Å². The predicted octanol–water partition coefficient (Wildman–Crippen LogP) is 6.07. The van der Waals surface area contributed by atoms with Gasteiger partial charge in [0.15, 0.2) is 5.79 Å². The Balaban J connectivity index is 1.91. The molecule has 53 heavy (non-hydrogen) atoms. The number of ether oxygens (including phenoxy) is 3. The van der Waals surface area contributed by atoms with Gasteiger partial charge in [-0.1, -0.05) is 85.8 Å². The average molecular weight is 749 g/mol. The van der Waals surface area contributed by atoms with Crippen LogP contribution in [0.15, 0.2) is 36.5 Å². The topological polar surface area (TPSA) is 163 Å². The molecule has 10 nitrogen and oxygen atoms in total. The molecular formula is C43H72O10. The number of aliphatic hydroxyl groups excluding tert-OH is 5. The molecule has 2 saturated heterocycles. The van der Waals surface area contributed by atoms with Gasteiger partial charge in [-0.3, -0.25) is 4.79 Å². The van der Waals surface area contributed by atoms with Gasteiger partial charge in [-0.15, -0.1) is 0 Å². The van der Waals surface area contributed by atoms with Gasteiger partial charge in [0.2, 0.25) is 0 Å². The lowest BCUT2D eigenvalue weighted by molar-refractivity contribution is -0.347. The summed E-state index contributed by atoms with van der Waals surface area (Å²) in [4.78, 5) is 26.4. The summed E-state index contributed by atoms with van der Waals surface area (Å²) in [7, 11) is 0. The lowest BCUT2D eigenvalue weighted by atomic mass is 9.80. The van der Waals surface area contributed by atoms with Gasteiger partial charge in [-0.25, -0.2) is 4.79 Å². The van der Waals surface area contributed by atoms with Crippen LogP contribution in [0.5, 0.6) is 0 Å². The van der Waals surface area contributed by atoms with E-state index in [-0.39, 0.29) is 48.1 Å². The normalized spacial score (nSPS) is 45.9. The highest BCUT2D eigenvalue weighted by Gasteiger charge is 2.51. The molecule has 0 radical (unpaired) electrons. The molecular weight excluding hydrogens is 676 g/mol. The maximum Gasteiger partial charge on any atom is 0.330 e. The Kier molecular flexibility index (Phi) is 17.9. The molecule has 10 heteroatoms. The van der Waals surface area contributed by atoms with Crippen molar-refractivity contribution in [3.05, 3.63) is 36.5 Å². The number of esters is 1. The Morgan fingerprint density at radius 3 is 2.17 bits per heavy atom. The molecule has 3 heterocycles. The maximum atomic E-state index is 13.4. The van der Waals surface area contributed by atoms with E-state index in [9.17, 15) is 35.1 Å². The summed E-state index contributed by atoms with van der Waals surface area (Å²) in [6.07, 6.45) is 10.7. The van der Waals surface area contributed by atoms with E-state index in [1.807, 2.05) is 25.2 Å². The Hall–Kier alpha value is -1.92. The lowest BCUT2D eigenvalue weighted by Crippen LogP contribution is -2.57. The summed E-state index contributed by atoms with van der Waals surface area (Å²) in [6.45, 7) is 16.7. The van der Waals surface area contributed by atoms with Crippen LogP contribution in [0.4, 0.5) is 0 Å². The van der Waals surface area contributed by atoms with E-state index in [1.165, 1.54) is 6.08 Å². The number of hydrogen-bond acceptors (Lipinski definition) is 10. The zero-order chi connectivity index (χ0) is 39.6. The van der Waals surface area contributed by atoms with E-state index in [0.717, 1.165) is 25.7 Å². The summed E-state index contributed by atoms with van der Waals surface area (Å²) < 4.78 is 19.7. The first kappa shape index (κ1) is 45.5. The second-order valence-corrected chi connectivity index (χ2v) is 17.1. The molecule has 0 amide bonds. The maximum absolute atomic E-state index is 13.4. The van der Waals surface area contributed by atoms with Crippen LogP contribution < -0.4 is 0 Å². The number of allylic oxidation sites excluding steroid dienone is 4. The molecule has 2 bridgehead atoms. The van der Waals surface area contributed by atoms with Gasteiger partial charge in [0.1, 0.15) is 11.9 Å². The van der Waals surface area contributed by atoms with E-state index < -0.39 is 72.1 Å². The van der Waals surface area contributed by atoms with Crippen LogP contribution in [0.1, 0.15) is 120 Å². The third kappa shape index (κ3) is 12.8. The Labute approximate surface area is 319 Å². The van der Waals surface area contributed by atoms with Crippen molar-refractivity contribution in [3.63, 3.8) is 0 Å². The zero-order valence-corrected chi connectivity index (χ0v) is 33.8. The van der Waals surface area contributed by atoms with Gasteiger partial charge in [-0.2, -0.15) is 0 Å². The lowest BCUT2D eigenvalue weighted by Gasteiger charge is -2.52. The number of rotatable bonds is 3. The van der Waals surface area contributed by atoms with Crippen LogP contribution in [-0.2, 0) is 23.8 Å². The van der Waals surface area contributed by atoms with Crippen molar-refractivity contribution in [2.75, 3.05) is 0 Å². The predicted molar refractivity (Wildman–Crippen MR) is 205 cm³/mol. The van der Waals surface area contributed by atoms with Gasteiger partial charge < -0.3 is 39.7 Å². The van der Waals surface area contributed by atoms with Crippen LogP contribution in [0, 0.1) is 47.3 Å². The Bertz CT molecular complexity index is 1230. The fraction of sp³-hybridized carbons (Fsp3) is 0.814. The van der Waals surface area contributed by atoms with Crippen molar-refractivity contribution >= 4 is 11.8 Å². The van der Waals surface area contributed by atoms with Gasteiger partial charge in [0, 0.05) is 54.9 Å². The van der Waals surface area contributed by atoms with Crippen LogP contribution >= 0.6 is 0 Å². The van der Waals surface area contributed by atoms with Crippen LogP contribution in [0.3, 0.4) is 0 Å².